The fraction of sp³-hybridized carbons (Fsp3) is 0.286. The lowest BCUT2D eigenvalue weighted by Gasteiger charge is -1.90. The molecular weight excluding hydrogens is 126 g/mol. The number of aromatic nitrogens is 1. The number of hydrogen-bond acceptors (Lipinski definition) is 2. The summed E-state index contributed by atoms with van der Waals surface area (Å²) in [5.74, 6) is 0. The van der Waals surface area contributed by atoms with Crippen LogP contribution in [-0.4, -0.2) is 16.7 Å². The van der Waals surface area contributed by atoms with Crippen molar-refractivity contribution in [2.24, 2.45) is 0 Å². The van der Waals surface area contributed by atoms with Crippen LogP contribution in [0.5, 0.6) is 0 Å². The van der Waals surface area contributed by atoms with Gasteiger partial charge < -0.3 is 0 Å². The Balaban J connectivity index is 3.00. The molecule has 1 aromatic rings. The number of nitrogens with one attached hydrogen (secondary N) is 1. The van der Waals surface area contributed by atoms with Crippen LogP contribution in [0.4, 0.5) is 5.69 Å². The molecule has 0 fully saturated rings. The van der Waals surface area contributed by atoms with E-state index in [1.54, 1.807) is 13.2 Å². The minimum absolute atomic E-state index is 0.811. The van der Waals surface area contributed by atoms with Gasteiger partial charge in [-0.25, -0.2) is 0 Å². The van der Waals surface area contributed by atoms with Crippen molar-refractivity contribution in [3.63, 3.8) is 0 Å². The highest BCUT2D eigenvalue weighted by molar-refractivity contribution is 5.25. The van der Waals surface area contributed by atoms with Crippen LogP contribution in [0, 0.1) is 12.5 Å². The molecule has 0 unspecified atom stereocenters. The predicted octanol–water partition coefficient (Wildman–Crippen LogP) is 1.69. The highest BCUT2D eigenvalue weighted by atomic mass is 15.1. The number of hydrogen-bond donors (Lipinski definition) is 1. The van der Waals surface area contributed by atoms with Crippen LogP contribution in [0.25, 0.3) is 0 Å². The van der Waals surface area contributed by atoms with E-state index in [4.69, 9.17) is 5.53 Å². The Hall–Kier alpha value is -1.25. The maximum absolute atomic E-state index is 7.18. The van der Waals surface area contributed by atoms with E-state index in [0.29, 0.717) is 0 Å². The Morgan fingerprint density at radius 3 is 2.60 bits per heavy atom. The van der Waals surface area contributed by atoms with Crippen molar-refractivity contribution in [1.29, 1.82) is 5.53 Å². The second-order valence-electron chi connectivity index (χ2n) is 2.22. The van der Waals surface area contributed by atoms with Gasteiger partial charge in [0.1, 0.15) is 6.20 Å². The SMILES string of the molecule is Cc1ccc([N+](C)=N)cn1. The number of nitrogens with zero attached hydrogens (tertiary/aromatic N) is 2. The Morgan fingerprint density at radius 2 is 2.20 bits per heavy atom. The number of rotatable bonds is 1. The summed E-state index contributed by atoms with van der Waals surface area (Å²) >= 11 is 0. The molecule has 0 amide bonds. The van der Waals surface area contributed by atoms with Crippen LogP contribution in [-0.2, 0) is 0 Å². The first kappa shape index (κ1) is 6.86. The predicted molar refractivity (Wildman–Crippen MR) is 37.5 cm³/mol. The van der Waals surface area contributed by atoms with Crippen molar-refractivity contribution < 1.29 is 4.70 Å². The zero-order valence-electron chi connectivity index (χ0n) is 6.13. The Bertz CT molecular complexity index is 238. The molecule has 0 aromatic carbocycles. The first-order valence-corrected chi connectivity index (χ1v) is 3.08. The van der Waals surface area contributed by atoms with Gasteiger partial charge in [-0.3, -0.25) is 4.98 Å². The van der Waals surface area contributed by atoms with E-state index in [0.717, 1.165) is 11.4 Å². The van der Waals surface area contributed by atoms with Crippen LogP contribution >= 0.6 is 0 Å². The molecule has 0 spiro atoms. The lowest BCUT2D eigenvalue weighted by atomic mass is 10.3. The van der Waals surface area contributed by atoms with Crippen LogP contribution < -0.4 is 0 Å². The Labute approximate surface area is 59.8 Å². The molecule has 0 aliphatic rings. The largest absolute Gasteiger partial charge is 0.255 e. The average Bonchev–Trinajstić information content (AvgIpc) is 1.88. The highest BCUT2D eigenvalue weighted by Crippen LogP contribution is 2.06. The molecule has 0 aliphatic carbocycles. The van der Waals surface area contributed by atoms with Crippen molar-refractivity contribution in [2.75, 3.05) is 7.05 Å². The second kappa shape index (κ2) is 2.56. The fourth-order valence-electron chi connectivity index (χ4n) is 0.658. The topological polar surface area (TPSA) is 39.8 Å². The van der Waals surface area contributed by atoms with Crippen molar-refractivity contribution >= 4 is 5.69 Å². The minimum atomic E-state index is 0.811. The Kier molecular flexibility index (Phi) is 1.76. The van der Waals surface area contributed by atoms with Gasteiger partial charge in [0.15, 0.2) is 7.05 Å². The van der Waals surface area contributed by atoms with Gasteiger partial charge in [0.05, 0.1) is 0 Å². The molecule has 1 N–H and O–H groups in total. The third-order valence-corrected chi connectivity index (χ3v) is 1.28. The summed E-state index contributed by atoms with van der Waals surface area (Å²) in [5.41, 5.74) is 8.97. The molecule has 52 valence electrons. The van der Waals surface area contributed by atoms with Gasteiger partial charge in [-0.2, -0.15) is 0 Å². The molecule has 10 heavy (non-hydrogen) atoms. The normalized spacial score (nSPS) is 9.40. The summed E-state index contributed by atoms with van der Waals surface area (Å²) < 4.78 is 1.28. The molecule has 1 rings (SSSR count). The van der Waals surface area contributed by atoms with Crippen molar-refractivity contribution in [1.82, 2.24) is 4.98 Å². The summed E-state index contributed by atoms with van der Waals surface area (Å²) in [7, 11) is 1.67. The Morgan fingerprint density at radius 1 is 1.50 bits per heavy atom. The third kappa shape index (κ3) is 1.37. The second-order valence-corrected chi connectivity index (χ2v) is 2.22. The molecule has 3 heteroatoms. The van der Waals surface area contributed by atoms with Gasteiger partial charge >= 0.3 is 0 Å². The molecule has 0 bridgehead atoms. The van der Waals surface area contributed by atoms with Gasteiger partial charge in [-0.05, 0) is 13.0 Å². The van der Waals surface area contributed by atoms with Crippen LogP contribution in [0.3, 0.4) is 0 Å². The van der Waals surface area contributed by atoms with Gasteiger partial charge in [-0.1, -0.05) is 10.2 Å². The molecule has 0 aliphatic heterocycles. The summed E-state index contributed by atoms with van der Waals surface area (Å²) in [6, 6.07) is 3.76. The maximum atomic E-state index is 7.18. The summed E-state index contributed by atoms with van der Waals surface area (Å²) in [5, 5.41) is 0. The number of aryl methyl sites for hydroxylation is 1. The van der Waals surface area contributed by atoms with Gasteiger partial charge in [0.2, 0.25) is 5.69 Å². The van der Waals surface area contributed by atoms with E-state index in [1.807, 2.05) is 19.1 Å². The summed E-state index contributed by atoms with van der Waals surface area (Å²) in [4.78, 5) is 4.04. The van der Waals surface area contributed by atoms with Gasteiger partial charge in [-0.15, -0.1) is 0 Å². The van der Waals surface area contributed by atoms with Gasteiger partial charge in [0, 0.05) is 11.8 Å². The van der Waals surface area contributed by atoms with Crippen LogP contribution in [0.15, 0.2) is 18.3 Å². The molecule has 0 radical (unpaired) electrons. The van der Waals surface area contributed by atoms with Crippen LogP contribution in [0.1, 0.15) is 5.69 Å². The summed E-state index contributed by atoms with van der Waals surface area (Å²) in [6.45, 7) is 1.92. The lowest BCUT2D eigenvalue weighted by molar-refractivity contribution is -0.505. The van der Waals surface area contributed by atoms with E-state index in [2.05, 4.69) is 4.98 Å². The minimum Gasteiger partial charge on any atom is -0.255 e. The molecule has 0 saturated heterocycles. The monoisotopic (exact) mass is 136 g/mol. The first-order valence-electron chi connectivity index (χ1n) is 3.08. The van der Waals surface area contributed by atoms with Crippen molar-refractivity contribution in [3.05, 3.63) is 24.0 Å². The quantitative estimate of drug-likeness (QED) is 0.463. The molecule has 0 saturated carbocycles. The zero-order chi connectivity index (χ0) is 7.56. The molecular formula is C7H10N3+. The number of pyridine rings is 1. The van der Waals surface area contributed by atoms with E-state index in [1.165, 1.54) is 4.70 Å². The van der Waals surface area contributed by atoms with Crippen molar-refractivity contribution in [3.8, 4) is 0 Å². The lowest BCUT2D eigenvalue weighted by Crippen LogP contribution is -1.91. The van der Waals surface area contributed by atoms with E-state index in [-0.39, 0.29) is 0 Å². The summed E-state index contributed by atoms with van der Waals surface area (Å²) in [6.07, 6.45) is 1.68. The molecule has 1 aromatic heterocycles. The smallest absolute Gasteiger partial charge is 0.249 e. The zero-order valence-corrected chi connectivity index (χ0v) is 6.13. The van der Waals surface area contributed by atoms with Crippen LogP contribution in [0.2, 0.25) is 0 Å². The molecule has 3 nitrogen and oxygen atoms in total. The average molecular weight is 136 g/mol. The van der Waals surface area contributed by atoms with Gasteiger partial charge in [0.25, 0.3) is 0 Å². The van der Waals surface area contributed by atoms with E-state index in [9.17, 15) is 0 Å². The third-order valence-electron chi connectivity index (χ3n) is 1.28. The maximum Gasteiger partial charge on any atom is 0.249 e. The van der Waals surface area contributed by atoms with E-state index >= 15 is 0 Å². The first-order chi connectivity index (χ1) is 4.70. The standard InChI is InChI=1S/C7H10N3/c1-6-3-4-7(5-9-6)10(2)8/h3-5,8H,1-2H3/q+1. The molecule has 1 heterocycles. The highest BCUT2D eigenvalue weighted by Gasteiger charge is 1.99. The fourth-order valence-corrected chi connectivity index (χ4v) is 0.658. The van der Waals surface area contributed by atoms with Crippen molar-refractivity contribution in [2.45, 2.75) is 6.92 Å². The molecule has 0 atom stereocenters. The van der Waals surface area contributed by atoms with E-state index < -0.39 is 0 Å².